The Kier molecular flexibility index (Phi) is 4.34. The summed E-state index contributed by atoms with van der Waals surface area (Å²) in [5.74, 6) is 0.414. The molecule has 0 unspecified atom stereocenters. The molecule has 2 heterocycles. The van der Waals surface area contributed by atoms with Crippen LogP contribution in [0.2, 0.25) is 0 Å². The Balaban J connectivity index is 1.95. The van der Waals surface area contributed by atoms with E-state index in [4.69, 9.17) is 9.47 Å². The highest BCUT2D eigenvalue weighted by Gasteiger charge is 2.22. The number of carbonyl (C=O) groups excluding carboxylic acids is 1. The Bertz CT molecular complexity index is 859. The zero-order valence-electron chi connectivity index (χ0n) is 12.6. The lowest BCUT2D eigenvalue weighted by Crippen LogP contribution is -2.07. The van der Waals surface area contributed by atoms with Crippen molar-refractivity contribution in [1.82, 2.24) is 9.78 Å². The second kappa shape index (κ2) is 6.44. The third kappa shape index (κ3) is 2.90. The summed E-state index contributed by atoms with van der Waals surface area (Å²) in [4.78, 5) is 23.1. The quantitative estimate of drug-likeness (QED) is 0.335. The van der Waals surface area contributed by atoms with Crippen LogP contribution in [-0.2, 0) is 6.54 Å². The molecule has 0 radical (unpaired) electrons. The highest BCUT2D eigenvalue weighted by Crippen LogP contribution is 2.38. The standard InChI is InChI=1S/C15H12BrN3O5/c1-2-18-15(10(16)7-17-18)12(20)4-3-9-5-13-14(24-8-23-13)6-11(9)19(21)22/h3-7H,2,8H2,1H3/b4-3+. The Morgan fingerprint density at radius 1 is 1.46 bits per heavy atom. The molecular weight excluding hydrogens is 382 g/mol. The fourth-order valence-electron chi connectivity index (χ4n) is 2.33. The highest BCUT2D eigenvalue weighted by molar-refractivity contribution is 9.10. The van der Waals surface area contributed by atoms with Gasteiger partial charge in [-0.1, -0.05) is 0 Å². The third-order valence-electron chi connectivity index (χ3n) is 3.46. The number of nitro benzene ring substituents is 1. The lowest BCUT2D eigenvalue weighted by molar-refractivity contribution is -0.385. The van der Waals surface area contributed by atoms with E-state index in [1.807, 2.05) is 6.92 Å². The average Bonchev–Trinajstić information content (AvgIpc) is 3.16. The topological polar surface area (TPSA) is 96.5 Å². The number of nitrogens with zero attached hydrogens (tertiary/aromatic N) is 3. The fourth-order valence-corrected chi connectivity index (χ4v) is 2.82. The molecule has 0 spiro atoms. The Morgan fingerprint density at radius 2 is 2.17 bits per heavy atom. The molecule has 0 fully saturated rings. The number of allylic oxidation sites excluding steroid dienone is 1. The van der Waals surface area contributed by atoms with Crippen molar-refractivity contribution in [2.24, 2.45) is 0 Å². The molecule has 1 aliphatic rings. The highest BCUT2D eigenvalue weighted by atomic mass is 79.9. The molecule has 1 aliphatic heterocycles. The van der Waals surface area contributed by atoms with Crippen molar-refractivity contribution < 1.29 is 19.2 Å². The number of hydrogen-bond acceptors (Lipinski definition) is 6. The summed E-state index contributed by atoms with van der Waals surface area (Å²) < 4.78 is 12.5. The van der Waals surface area contributed by atoms with Crippen LogP contribution < -0.4 is 9.47 Å². The molecule has 8 nitrogen and oxygen atoms in total. The van der Waals surface area contributed by atoms with Crippen molar-refractivity contribution in [2.75, 3.05) is 6.79 Å². The number of aromatic nitrogens is 2. The van der Waals surface area contributed by atoms with Crippen molar-refractivity contribution in [1.29, 1.82) is 0 Å². The summed E-state index contributed by atoms with van der Waals surface area (Å²) in [6, 6.07) is 2.77. The van der Waals surface area contributed by atoms with Gasteiger partial charge in [-0.3, -0.25) is 19.6 Å². The summed E-state index contributed by atoms with van der Waals surface area (Å²) in [5, 5.41) is 15.3. The number of hydrogen-bond donors (Lipinski definition) is 0. The van der Waals surface area contributed by atoms with Gasteiger partial charge in [0.25, 0.3) is 5.69 Å². The molecule has 0 bridgehead atoms. The van der Waals surface area contributed by atoms with Crippen LogP contribution in [0.1, 0.15) is 23.0 Å². The Labute approximate surface area is 144 Å². The van der Waals surface area contributed by atoms with Gasteiger partial charge in [0.1, 0.15) is 5.69 Å². The van der Waals surface area contributed by atoms with Crippen LogP contribution in [0, 0.1) is 10.1 Å². The van der Waals surface area contributed by atoms with Gasteiger partial charge in [-0.05, 0) is 41.1 Å². The second-order valence-corrected chi connectivity index (χ2v) is 5.73. The van der Waals surface area contributed by atoms with Gasteiger partial charge >= 0.3 is 0 Å². The first-order chi connectivity index (χ1) is 11.5. The zero-order chi connectivity index (χ0) is 17.3. The molecule has 0 saturated carbocycles. The lowest BCUT2D eigenvalue weighted by atomic mass is 10.1. The second-order valence-electron chi connectivity index (χ2n) is 4.88. The van der Waals surface area contributed by atoms with Crippen LogP contribution in [0.5, 0.6) is 11.5 Å². The molecule has 2 aromatic rings. The third-order valence-corrected chi connectivity index (χ3v) is 4.04. The van der Waals surface area contributed by atoms with Gasteiger partial charge in [0, 0.05) is 6.54 Å². The van der Waals surface area contributed by atoms with E-state index in [0.29, 0.717) is 28.2 Å². The molecule has 0 atom stereocenters. The molecule has 24 heavy (non-hydrogen) atoms. The van der Waals surface area contributed by atoms with E-state index in [2.05, 4.69) is 21.0 Å². The lowest BCUT2D eigenvalue weighted by Gasteiger charge is -2.02. The monoisotopic (exact) mass is 393 g/mol. The zero-order valence-corrected chi connectivity index (χ0v) is 14.1. The van der Waals surface area contributed by atoms with Gasteiger partial charge in [-0.15, -0.1) is 0 Å². The van der Waals surface area contributed by atoms with Gasteiger partial charge in [0.05, 0.1) is 27.2 Å². The van der Waals surface area contributed by atoms with E-state index in [1.54, 1.807) is 4.68 Å². The van der Waals surface area contributed by atoms with Crippen molar-refractivity contribution in [2.45, 2.75) is 13.5 Å². The first-order valence-electron chi connectivity index (χ1n) is 7.03. The van der Waals surface area contributed by atoms with Crippen LogP contribution in [-0.4, -0.2) is 27.3 Å². The number of aryl methyl sites for hydroxylation is 1. The molecule has 3 rings (SSSR count). The van der Waals surface area contributed by atoms with Crippen LogP contribution in [0.25, 0.3) is 6.08 Å². The number of nitro groups is 1. The van der Waals surface area contributed by atoms with Gasteiger partial charge in [0.15, 0.2) is 11.5 Å². The molecule has 0 saturated heterocycles. The summed E-state index contributed by atoms with van der Waals surface area (Å²) in [6.45, 7) is 2.41. The van der Waals surface area contributed by atoms with E-state index in [9.17, 15) is 14.9 Å². The summed E-state index contributed by atoms with van der Waals surface area (Å²) >= 11 is 3.28. The maximum atomic E-state index is 12.4. The van der Waals surface area contributed by atoms with E-state index in [1.165, 1.54) is 30.5 Å². The Morgan fingerprint density at radius 3 is 2.83 bits per heavy atom. The first-order valence-corrected chi connectivity index (χ1v) is 7.82. The number of benzene rings is 1. The van der Waals surface area contributed by atoms with Crippen LogP contribution in [0.3, 0.4) is 0 Å². The van der Waals surface area contributed by atoms with Gasteiger partial charge in [-0.25, -0.2) is 0 Å². The molecule has 124 valence electrons. The van der Waals surface area contributed by atoms with Gasteiger partial charge < -0.3 is 9.47 Å². The fraction of sp³-hybridized carbons (Fsp3) is 0.200. The van der Waals surface area contributed by atoms with Crippen molar-refractivity contribution >= 4 is 33.5 Å². The van der Waals surface area contributed by atoms with Crippen molar-refractivity contribution in [3.63, 3.8) is 0 Å². The van der Waals surface area contributed by atoms with E-state index >= 15 is 0 Å². The smallest absolute Gasteiger partial charge is 0.280 e. The van der Waals surface area contributed by atoms with Gasteiger partial charge in [0.2, 0.25) is 12.6 Å². The molecule has 1 aromatic heterocycles. The maximum absolute atomic E-state index is 12.4. The van der Waals surface area contributed by atoms with Crippen molar-refractivity contribution in [3.8, 4) is 11.5 Å². The van der Waals surface area contributed by atoms with Gasteiger partial charge in [-0.2, -0.15) is 5.10 Å². The molecular formula is C15H12BrN3O5. The number of halogens is 1. The van der Waals surface area contributed by atoms with Crippen LogP contribution in [0.4, 0.5) is 5.69 Å². The van der Waals surface area contributed by atoms with E-state index < -0.39 is 4.92 Å². The molecule has 9 heteroatoms. The minimum absolute atomic E-state index is 0.0151. The number of fused-ring (bicyclic) bond motifs is 1. The van der Waals surface area contributed by atoms with Crippen LogP contribution >= 0.6 is 15.9 Å². The largest absolute Gasteiger partial charge is 0.454 e. The number of ether oxygens (including phenoxy) is 2. The molecule has 0 N–H and O–H groups in total. The van der Waals surface area contributed by atoms with E-state index in [0.717, 1.165) is 0 Å². The number of rotatable bonds is 5. The number of carbonyl (C=O) groups is 1. The first kappa shape index (κ1) is 16.2. The predicted molar refractivity (Wildman–Crippen MR) is 88.2 cm³/mol. The minimum atomic E-state index is -0.529. The maximum Gasteiger partial charge on any atom is 0.280 e. The average molecular weight is 394 g/mol. The summed E-state index contributed by atoms with van der Waals surface area (Å²) in [6.07, 6.45) is 4.20. The normalized spacial score (nSPS) is 12.8. The number of ketones is 1. The van der Waals surface area contributed by atoms with Crippen LogP contribution in [0.15, 0.2) is 28.9 Å². The Hall–Kier alpha value is -2.68. The summed E-state index contributed by atoms with van der Waals surface area (Å²) in [5.41, 5.74) is 0.486. The predicted octanol–water partition coefficient (Wildman–Crippen LogP) is 3.20. The molecule has 1 aromatic carbocycles. The minimum Gasteiger partial charge on any atom is -0.454 e. The summed E-state index contributed by atoms with van der Waals surface area (Å²) in [7, 11) is 0. The van der Waals surface area contributed by atoms with E-state index in [-0.39, 0.29) is 23.8 Å². The molecule has 0 amide bonds. The SMILES string of the molecule is CCn1ncc(Br)c1C(=O)/C=C/c1cc2c(cc1[N+](=O)[O-])OCO2. The van der Waals surface area contributed by atoms with Crippen molar-refractivity contribution in [3.05, 3.63) is 50.3 Å². The molecule has 0 aliphatic carbocycles.